The van der Waals surface area contributed by atoms with Gasteiger partial charge in [-0.15, -0.1) is 0 Å². The fourth-order valence-corrected chi connectivity index (χ4v) is 2.48. The highest BCUT2D eigenvalue weighted by Gasteiger charge is 2.07. The first-order chi connectivity index (χ1) is 8.43. The summed E-state index contributed by atoms with van der Waals surface area (Å²) >= 11 is 0. The lowest BCUT2D eigenvalue weighted by molar-refractivity contribution is 0.236. The van der Waals surface area contributed by atoms with E-state index >= 15 is 0 Å². The van der Waals surface area contributed by atoms with Crippen molar-refractivity contribution >= 4 is 0 Å². The second-order valence-corrected chi connectivity index (χ2v) is 5.21. The Morgan fingerprint density at radius 2 is 1.29 bits per heavy atom. The molecular weight excluding hydrogens is 210 g/mol. The monoisotopic (exact) mass is 241 g/mol. The molecule has 3 N–H and O–H groups in total. The van der Waals surface area contributed by atoms with Gasteiger partial charge in [0.2, 0.25) is 0 Å². The number of hydrogen-bond acceptors (Lipinski definition) is 3. The molecule has 17 heavy (non-hydrogen) atoms. The highest BCUT2D eigenvalue weighted by Crippen LogP contribution is 2.08. The summed E-state index contributed by atoms with van der Waals surface area (Å²) in [4.78, 5) is 2.59. The molecule has 0 unspecified atom stereocenters. The number of nitrogens with one attached hydrogen (secondary N) is 1. The third kappa shape index (κ3) is 8.58. The van der Waals surface area contributed by atoms with E-state index < -0.39 is 0 Å². The van der Waals surface area contributed by atoms with Crippen LogP contribution in [0.5, 0.6) is 0 Å². The van der Waals surface area contributed by atoms with E-state index in [0.717, 1.165) is 6.54 Å². The molecule has 0 spiro atoms. The molecule has 0 atom stereocenters. The van der Waals surface area contributed by atoms with Gasteiger partial charge >= 0.3 is 0 Å². The zero-order chi connectivity index (χ0) is 12.2. The van der Waals surface area contributed by atoms with Crippen molar-refractivity contribution < 1.29 is 0 Å². The molecule has 3 heteroatoms. The molecule has 0 aromatic carbocycles. The van der Waals surface area contributed by atoms with Crippen LogP contribution in [0.15, 0.2) is 0 Å². The van der Waals surface area contributed by atoms with E-state index in [2.05, 4.69) is 10.2 Å². The second kappa shape index (κ2) is 11.0. The quantitative estimate of drug-likeness (QED) is 0.575. The number of nitrogens with zero attached hydrogens (tertiary/aromatic N) is 1. The van der Waals surface area contributed by atoms with E-state index in [1.807, 2.05) is 0 Å². The van der Waals surface area contributed by atoms with Gasteiger partial charge in [0.05, 0.1) is 0 Å². The maximum absolute atomic E-state index is 5.47. The van der Waals surface area contributed by atoms with Gasteiger partial charge in [-0.25, -0.2) is 0 Å². The molecule has 0 radical (unpaired) electrons. The molecule has 3 nitrogen and oxygen atoms in total. The van der Waals surface area contributed by atoms with Crippen LogP contribution in [0.2, 0.25) is 0 Å². The summed E-state index contributed by atoms with van der Waals surface area (Å²) in [6.07, 6.45) is 11.0. The molecule has 0 aliphatic carbocycles. The number of rotatable bonds is 10. The van der Waals surface area contributed by atoms with Crippen molar-refractivity contribution in [3.63, 3.8) is 0 Å². The molecule has 1 rings (SSSR count). The topological polar surface area (TPSA) is 41.3 Å². The van der Waals surface area contributed by atoms with Gasteiger partial charge in [-0.3, -0.25) is 0 Å². The van der Waals surface area contributed by atoms with Crippen LogP contribution in [-0.4, -0.2) is 44.2 Å². The van der Waals surface area contributed by atoms with Crippen molar-refractivity contribution in [2.75, 3.05) is 39.3 Å². The summed E-state index contributed by atoms with van der Waals surface area (Å²) < 4.78 is 0. The number of unbranched alkanes of at least 4 members (excludes halogenated alkanes) is 7. The maximum atomic E-state index is 5.47. The van der Waals surface area contributed by atoms with Crippen molar-refractivity contribution in [2.24, 2.45) is 5.73 Å². The van der Waals surface area contributed by atoms with Crippen LogP contribution in [-0.2, 0) is 0 Å². The average molecular weight is 241 g/mol. The summed E-state index contributed by atoms with van der Waals surface area (Å²) in [5.41, 5.74) is 5.47. The van der Waals surface area contributed by atoms with Crippen molar-refractivity contribution in [1.82, 2.24) is 10.2 Å². The molecule has 1 fully saturated rings. The van der Waals surface area contributed by atoms with Crippen molar-refractivity contribution in [1.29, 1.82) is 0 Å². The number of piperazine rings is 1. The second-order valence-electron chi connectivity index (χ2n) is 5.21. The Hall–Kier alpha value is -0.120. The van der Waals surface area contributed by atoms with Gasteiger partial charge in [0.15, 0.2) is 0 Å². The van der Waals surface area contributed by atoms with E-state index in [4.69, 9.17) is 5.73 Å². The molecule has 1 aliphatic rings. The molecule has 1 aliphatic heterocycles. The fourth-order valence-electron chi connectivity index (χ4n) is 2.48. The van der Waals surface area contributed by atoms with Gasteiger partial charge in [0, 0.05) is 26.2 Å². The lowest BCUT2D eigenvalue weighted by atomic mass is 10.1. The minimum absolute atomic E-state index is 0.866. The van der Waals surface area contributed by atoms with Gasteiger partial charge in [-0.2, -0.15) is 0 Å². The smallest absolute Gasteiger partial charge is 0.0107 e. The minimum atomic E-state index is 0.866. The molecule has 0 amide bonds. The van der Waals surface area contributed by atoms with E-state index in [0.29, 0.717) is 0 Å². The minimum Gasteiger partial charge on any atom is -0.330 e. The van der Waals surface area contributed by atoms with E-state index in [1.54, 1.807) is 0 Å². The molecule has 1 saturated heterocycles. The van der Waals surface area contributed by atoms with Crippen LogP contribution >= 0.6 is 0 Å². The highest BCUT2D eigenvalue weighted by atomic mass is 15.2. The predicted octanol–water partition coefficient (Wildman–Crippen LogP) is 1.97. The average Bonchev–Trinajstić information content (AvgIpc) is 2.38. The summed E-state index contributed by atoms with van der Waals surface area (Å²) in [7, 11) is 0. The third-order valence-electron chi connectivity index (χ3n) is 3.64. The van der Waals surface area contributed by atoms with E-state index in [9.17, 15) is 0 Å². The summed E-state index contributed by atoms with van der Waals surface area (Å²) in [6.45, 7) is 7.04. The Morgan fingerprint density at radius 3 is 1.88 bits per heavy atom. The lowest BCUT2D eigenvalue weighted by Gasteiger charge is -2.27. The molecule has 0 aromatic heterocycles. The Labute approximate surface area is 107 Å². The van der Waals surface area contributed by atoms with Crippen LogP contribution in [0, 0.1) is 0 Å². The molecule has 102 valence electrons. The van der Waals surface area contributed by atoms with Gasteiger partial charge < -0.3 is 16.0 Å². The zero-order valence-corrected chi connectivity index (χ0v) is 11.4. The molecular formula is C14H31N3. The number of nitrogens with two attached hydrogens (primary N) is 1. The molecule has 1 heterocycles. The van der Waals surface area contributed by atoms with Gasteiger partial charge in [-0.05, 0) is 25.9 Å². The Morgan fingerprint density at radius 1 is 0.765 bits per heavy atom. The first kappa shape index (κ1) is 14.9. The van der Waals surface area contributed by atoms with E-state index in [1.165, 1.54) is 84.1 Å². The molecule has 0 bridgehead atoms. The predicted molar refractivity (Wildman–Crippen MR) is 75.3 cm³/mol. The van der Waals surface area contributed by atoms with Crippen LogP contribution in [0.1, 0.15) is 51.4 Å². The van der Waals surface area contributed by atoms with Crippen LogP contribution in [0.3, 0.4) is 0 Å². The van der Waals surface area contributed by atoms with Crippen LogP contribution in [0.25, 0.3) is 0 Å². The Bertz CT molecular complexity index is 156. The SMILES string of the molecule is NCCCCCCCCCCN1CCNCC1. The molecule has 0 saturated carbocycles. The van der Waals surface area contributed by atoms with E-state index in [-0.39, 0.29) is 0 Å². The Kier molecular flexibility index (Phi) is 9.66. The standard InChI is InChI=1S/C14H31N3/c15-9-7-5-3-1-2-4-6-8-12-17-13-10-16-11-14-17/h16H,1-15H2. The maximum Gasteiger partial charge on any atom is 0.0107 e. The van der Waals surface area contributed by atoms with Crippen molar-refractivity contribution in [3.8, 4) is 0 Å². The molecule has 0 aromatic rings. The van der Waals surface area contributed by atoms with Crippen LogP contribution in [0.4, 0.5) is 0 Å². The van der Waals surface area contributed by atoms with Gasteiger partial charge in [0.1, 0.15) is 0 Å². The van der Waals surface area contributed by atoms with Gasteiger partial charge in [-0.1, -0.05) is 38.5 Å². The zero-order valence-electron chi connectivity index (χ0n) is 11.4. The third-order valence-corrected chi connectivity index (χ3v) is 3.64. The first-order valence-corrected chi connectivity index (χ1v) is 7.56. The Balaban J connectivity index is 1.75. The van der Waals surface area contributed by atoms with Crippen LogP contribution < -0.4 is 11.1 Å². The van der Waals surface area contributed by atoms with Gasteiger partial charge in [0.25, 0.3) is 0 Å². The fraction of sp³-hybridized carbons (Fsp3) is 1.00. The number of hydrogen-bond donors (Lipinski definition) is 2. The summed E-state index contributed by atoms with van der Waals surface area (Å²) in [5, 5.41) is 3.40. The normalized spacial score (nSPS) is 17.5. The summed E-state index contributed by atoms with van der Waals surface area (Å²) in [6, 6.07) is 0. The first-order valence-electron chi connectivity index (χ1n) is 7.56. The summed E-state index contributed by atoms with van der Waals surface area (Å²) in [5.74, 6) is 0. The highest BCUT2D eigenvalue weighted by molar-refractivity contribution is 4.67. The lowest BCUT2D eigenvalue weighted by Crippen LogP contribution is -2.43. The van der Waals surface area contributed by atoms with Crippen molar-refractivity contribution in [2.45, 2.75) is 51.4 Å². The van der Waals surface area contributed by atoms with Crippen molar-refractivity contribution in [3.05, 3.63) is 0 Å². The largest absolute Gasteiger partial charge is 0.330 e.